The van der Waals surface area contributed by atoms with E-state index in [-0.39, 0.29) is 4.90 Å². The van der Waals surface area contributed by atoms with Crippen molar-refractivity contribution < 1.29 is 22.6 Å². The maximum atomic E-state index is 12.6. The van der Waals surface area contributed by atoms with E-state index in [9.17, 15) is 8.42 Å². The Kier molecular flexibility index (Phi) is 5.00. The van der Waals surface area contributed by atoms with Crippen LogP contribution in [0.5, 0.6) is 17.2 Å². The van der Waals surface area contributed by atoms with Crippen molar-refractivity contribution in [1.82, 2.24) is 0 Å². The average molecular weight is 337 g/mol. The van der Waals surface area contributed by atoms with Crippen LogP contribution in [0.4, 0.5) is 5.69 Å². The molecule has 2 rings (SSSR count). The van der Waals surface area contributed by atoms with Crippen LogP contribution in [-0.4, -0.2) is 29.7 Å². The third kappa shape index (κ3) is 3.87. The van der Waals surface area contributed by atoms with E-state index in [4.69, 9.17) is 14.2 Å². The molecule has 124 valence electrons. The summed E-state index contributed by atoms with van der Waals surface area (Å²) in [7, 11) is 0.586. The smallest absolute Gasteiger partial charge is 0.262 e. The Morgan fingerprint density at radius 1 is 0.870 bits per heavy atom. The van der Waals surface area contributed by atoms with Crippen molar-refractivity contribution in [3.8, 4) is 17.2 Å². The van der Waals surface area contributed by atoms with E-state index in [1.165, 1.54) is 33.5 Å². The second kappa shape index (κ2) is 6.78. The number of rotatable bonds is 6. The summed E-state index contributed by atoms with van der Waals surface area (Å²) in [6.45, 7) is 1.87. The van der Waals surface area contributed by atoms with E-state index < -0.39 is 10.0 Å². The fourth-order valence-electron chi connectivity index (χ4n) is 2.04. The number of ether oxygens (including phenoxy) is 3. The number of hydrogen-bond donors (Lipinski definition) is 1. The van der Waals surface area contributed by atoms with Gasteiger partial charge in [-0.15, -0.1) is 0 Å². The van der Waals surface area contributed by atoms with Crippen molar-refractivity contribution in [2.24, 2.45) is 0 Å². The number of benzene rings is 2. The van der Waals surface area contributed by atoms with Gasteiger partial charge in [0.25, 0.3) is 10.0 Å². The highest BCUT2D eigenvalue weighted by Crippen LogP contribution is 2.30. The monoisotopic (exact) mass is 337 g/mol. The lowest BCUT2D eigenvalue weighted by Crippen LogP contribution is -2.14. The molecule has 0 heterocycles. The molecule has 23 heavy (non-hydrogen) atoms. The highest BCUT2D eigenvalue weighted by atomic mass is 32.2. The standard InChI is InChI=1S/C16H19NO5S/c1-11-5-6-16(22-4)15(7-11)17-23(18,19)14-9-12(20-2)8-13(10-14)21-3/h5-10,17H,1-4H3. The van der Waals surface area contributed by atoms with Crippen LogP contribution in [0.1, 0.15) is 5.56 Å². The van der Waals surface area contributed by atoms with Crippen LogP contribution < -0.4 is 18.9 Å². The van der Waals surface area contributed by atoms with Crippen molar-refractivity contribution in [3.63, 3.8) is 0 Å². The molecular formula is C16H19NO5S. The Balaban J connectivity index is 2.45. The summed E-state index contributed by atoms with van der Waals surface area (Å²) >= 11 is 0. The van der Waals surface area contributed by atoms with Crippen LogP contribution in [0.2, 0.25) is 0 Å². The highest BCUT2D eigenvalue weighted by Gasteiger charge is 2.19. The first-order valence-corrected chi connectivity index (χ1v) is 8.28. The van der Waals surface area contributed by atoms with Crippen LogP contribution in [0.3, 0.4) is 0 Å². The molecule has 0 saturated heterocycles. The number of sulfonamides is 1. The summed E-state index contributed by atoms with van der Waals surface area (Å²) in [5, 5.41) is 0. The number of hydrogen-bond acceptors (Lipinski definition) is 5. The van der Waals surface area contributed by atoms with Gasteiger partial charge < -0.3 is 14.2 Å². The fraction of sp³-hybridized carbons (Fsp3) is 0.250. The van der Waals surface area contributed by atoms with E-state index in [1.807, 2.05) is 13.0 Å². The lowest BCUT2D eigenvalue weighted by atomic mass is 10.2. The van der Waals surface area contributed by atoms with Crippen molar-refractivity contribution >= 4 is 15.7 Å². The van der Waals surface area contributed by atoms with Crippen molar-refractivity contribution in [1.29, 1.82) is 0 Å². The Hall–Kier alpha value is -2.41. The van der Waals surface area contributed by atoms with E-state index in [0.717, 1.165) is 5.56 Å². The number of nitrogens with one attached hydrogen (secondary N) is 1. The summed E-state index contributed by atoms with van der Waals surface area (Å²) in [4.78, 5) is 0.0391. The summed E-state index contributed by atoms with van der Waals surface area (Å²) < 4.78 is 43.2. The van der Waals surface area contributed by atoms with Crippen LogP contribution in [0, 0.1) is 6.92 Å². The minimum Gasteiger partial charge on any atom is -0.497 e. The molecule has 0 atom stereocenters. The van der Waals surface area contributed by atoms with Crippen LogP contribution in [0.25, 0.3) is 0 Å². The maximum Gasteiger partial charge on any atom is 0.262 e. The van der Waals surface area contributed by atoms with E-state index in [2.05, 4.69) is 4.72 Å². The van der Waals surface area contributed by atoms with Gasteiger partial charge in [0.1, 0.15) is 17.2 Å². The lowest BCUT2D eigenvalue weighted by molar-refractivity contribution is 0.392. The van der Waals surface area contributed by atoms with Crippen LogP contribution >= 0.6 is 0 Å². The van der Waals surface area contributed by atoms with Gasteiger partial charge in [0.05, 0.1) is 31.9 Å². The van der Waals surface area contributed by atoms with Crippen LogP contribution in [0.15, 0.2) is 41.3 Å². The Morgan fingerprint density at radius 2 is 1.48 bits per heavy atom. The molecule has 6 nitrogen and oxygen atoms in total. The second-order valence-electron chi connectivity index (χ2n) is 4.86. The molecule has 0 fully saturated rings. The van der Waals surface area contributed by atoms with Gasteiger partial charge in [-0.25, -0.2) is 8.42 Å². The molecule has 0 radical (unpaired) electrons. The third-order valence-corrected chi connectivity index (χ3v) is 4.58. The molecular weight excluding hydrogens is 318 g/mol. The maximum absolute atomic E-state index is 12.6. The molecule has 0 aliphatic heterocycles. The quantitative estimate of drug-likeness (QED) is 0.877. The molecule has 0 unspecified atom stereocenters. The minimum atomic E-state index is -3.82. The second-order valence-corrected chi connectivity index (χ2v) is 6.54. The highest BCUT2D eigenvalue weighted by molar-refractivity contribution is 7.92. The van der Waals surface area contributed by atoms with Gasteiger partial charge in [0, 0.05) is 18.2 Å². The molecule has 0 spiro atoms. The van der Waals surface area contributed by atoms with Crippen molar-refractivity contribution in [3.05, 3.63) is 42.0 Å². The van der Waals surface area contributed by atoms with Gasteiger partial charge in [-0.2, -0.15) is 0 Å². The zero-order valence-electron chi connectivity index (χ0n) is 13.4. The van der Waals surface area contributed by atoms with Gasteiger partial charge in [0.2, 0.25) is 0 Å². The fourth-order valence-corrected chi connectivity index (χ4v) is 3.15. The molecule has 0 aliphatic carbocycles. The van der Waals surface area contributed by atoms with Gasteiger partial charge in [-0.05, 0) is 24.6 Å². The Morgan fingerprint density at radius 3 is 2.00 bits per heavy atom. The molecule has 1 N–H and O–H groups in total. The largest absolute Gasteiger partial charge is 0.497 e. The molecule has 0 saturated carbocycles. The summed E-state index contributed by atoms with van der Waals surface area (Å²) in [6.07, 6.45) is 0. The van der Waals surface area contributed by atoms with Gasteiger partial charge in [0.15, 0.2) is 0 Å². The minimum absolute atomic E-state index is 0.0391. The summed E-state index contributed by atoms with van der Waals surface area (Å²) in [5.41, 5.74) is 1.28. The predicted molar refractivity (Wildman–Crippen MR) is 88.1 cm³/mol. The molecule has 0 aromatic heterocycles. The molecule has 2 aromatic carbocycles. The predicted octanol–water partition coefficient (Wildman–Crippen LogP) is 2.82. The first-order valence-electron chi connectivity index (χ1n) is 6.80. The first kappa shape index (κ1) is 17.0. The zero-order chi connectivity index (χ0) is 17.0. The SMILES string of the molecule is COc1cc(OC)cc(S(=O)(=O)Nc2cc(C)ccc2OC)c1. The Bertz CT molecular complexity index is 780. The number of anilines is 1. The van der Waals surface area contributed by atoms with E-state index in [1.54, 1.807) is 18.2 Å². The Labute approximate surface area is 136 Å². The number of aryl methyl sites for hydroxylation is 1. The lowest BCUT2D eigenvalue weighted by Gasteiger charge is -2.14. The molecule has 2 aromatic rings. The van der Waals surface area contributed by atoms with Gasteiger partial charge in [-0.3, -0.25) is 4.72 Å². The topological polar surface area (TPSA) is 73.9 Å². The van der Waals surface area contributed by atoms with Crippen LogP contribution in [-0.2, 0) is 10.0 Å². The van der Waals surface area contributed by atoms with Gasteiger partial charge in [-0.1, -0.05) is 6.07 Å². The molecule has 0 amide bonds. The molecule has 0 bridgehead atoms. The summed E-state index contributed by atoms with van der Waals surface area (Å²) in [6, 6.07) is 9.70. The third-order valence-electron chi connectivity index (χ3n) is 3.23. The van der Waals surface area contributed by atoms with Crippen molar-refractivity contribution in [2.45, 2.75) is 11.8 Å². The van der Waals surface area contributed by atoms with Gasteiger partial charge >= 0.3 is 0 Å². The average Bonchev–Trinajstić information content (AvgIpc) is 2.54. The zero-order valence-corrected chi connectivity index (χ0v) is 14.2. The first-order chi connectivity index (χ1) is 10.9. The molecule has 0 aliphatic rings. The molecule has 7 heteroatoms. The van der Waals surface area contributed by atoms with E-state index >= 15 is 0 Å². The van der Waals surface area contributed by atoms with E-state index in [0.29, 0.717) is 22.9 Å². The summed E-state index contributed by atoms with van der Waals surface area (Å²) in [5.74, 6) is 1.22. The normalized spacial score (nSPS) is 11.0. The van der Waals surface area contributed by atoms with Crippen molar-refractivity contribution in [2.75, 3.05) is 26.1 Å². The number of methoxy groups -OCH3 is 3.